The molecule has 0 aliphatic carbocycles. The minimum Gasteiger partial charge on any atom is -0.494 e. The maximum atomic E-state index is 12.2. The Morgan fingerprint density at radius 1 is 1.10 bits per heavy atom. The molecule has 2 aromatic rings. The summed E-state index contributed by atoms with van der Waals surface area (Å²) in [4.78, 5) is 23.8. The number of nitrogens with one attached hydrogen (secondary N) is 2. The molecule has 0 radical (unpaired) electrons. The highest BCUT2D eigenvalue weighted by molar-refractivity contribution is 7.89. The molecule has 0 saturated carbocycles. The number of rotatable bonds is 10. The van der Waals surface area contributed by atoms with Gasteiger partial charge in [0.05, 0.1) is 17.9 Å². The summed E-state index contributed by atoms with van der Waals surface area (Å²) in [6, 6.07) is 11.0. The lowest BCUT2D eigenvalue weighted by Gasteiger charge is -2.10. The van der Waals surface area contributed by atoms with Gasteiger partial charge in [-0.05, 0) is 55.8 Å². The quantitative estimate of drug-likeness (QED) is 0.534. The van der Waals surface area contributed by atoms with Gasteiger partial charge in [0.1, 0.15) is 5.75 Å². The lowest BCUT2D eigenvalue weighted by molar-refractivity contribution is -0.147. The smallest absolute Gasteiger partial charge is 0.307 e. The van der Waals surface area contributed by atoms with Gasteiger partial charge in [0.2, 0.25) is 10.0 Å². The minimum absolute atomic E-state index is 0.0515. The lowest BCUT2D eigenvalue weighted by Crippen LogP contribution is -2.28. The molecule has 0 saturated heterocycles. The molecule has 0 atom stereocenters. The first-order valence-corrected chi connectivity index (χ1v) is 11.0. The van der Waals surface area contributed by atoms with Crippen LogP contribution >= 0.6 is 11.6 Å². The Kier molecular flexibility index (Phi) is 8.64. The van der Waals surface area contributed by atoms with E-state index in [0.717, 1.165) is 0 Å². The highest BCUT2D eigenvalue weighted by atomic mass is 35.5. The van der Waals surface area contributed by atoms with Crippen molar-refractivity contribution in [3.8, 4) is 5.75 Å². The first kappa shape index (κ1) is 23.7. The molecular weight excluding hydrogens is 432 g/mol. The molecule has 0 heterocycles. The van der Waals surface area contributed by atoms with E-state index < -0.39 is 28.5 Å². The number of hydrogen-bond donors (Lipinski definition) is 2. The van der Waals surface area contributed by atoms with Gasteiger partial charge in [0.25, 0.3) is 5.91 Å². The zero-order valence-corrected chi connectivity index (χ0v) is 18.2. The van der Waals surface area contributed by atoms with Gasteiger partial charge in [-0.15, -0.1) is 0 Å². The fourth-order valence-corrected chi connectivity index (χ4v) is 3.61. The monoisotopic (exact) mass is 454 g/mol. The molecule has 162 valence electrons. The van der Waals surface area contributed by atoms with Crippen LogP contribution in [0.5, 0.6) is 5.75 Å². The second-order valence-corrected chi connectivity index (χ2v) is 8.35. The Bertz CT molecular complexity index is 993. The van der Waals surface area contributed by atoms with Crippen LogP contribution in [0.1, 0.15) is 18.9 Å². The zero-order chi connectivity index (χ0) is 22.1. The van der Waals surface area contributed by atoms with Gasteiger partial charge in [-0.3, -0.25) is 9.59 Å². The SMILES string of the molecule is CCOc1ccc(S(=O)(=O)NCCC(=O)OCC(=O)Nc2cccc(Cl)c2C)cc1. The van der Waals surface area contributed by atoms with Crippen molar-refractivity contribution in [2.75, 3.05) is 25.1 Å². The van der Waals surface area contributed by atoms with Crippen molar-refractivity contribution in [2.45, 2.75) is 25.2 Å². The molecule has 0 fully saturated rings. The molecule has 0 aliphatic heterocycles. The summed E-state index contributed by atoms with van der Waals surface area (Å²) in [5.41, 5.74) is 1.22. The van der Waals surface area contributed by atoms with Gasteiger partial charge < -0.3 is 14.8 Å². The largest absolute Gasteiger partial charge is 0.494 e. The van der Waals surface area contributed by atoms with Gasteiger partial charge in [-0.1, -0.05) is 17.7 Å². The van der Waals surface area contributed by atoms with E-state index in [1.807, 2.05) is 6.92 Å². The third-order valence-electron chi connectivity index (χ3n) is 3.97. The Morgan fingerprint density at radius 3 is 2.47 bits per heavy atom. The van der Waals surface area contributed by atoms with E-state index in [1.54, 1.807) is 37.3 Å². The predicted octanol–water partition coefficient (Wildman–Crippen LogP) is 2.90. The van der Waals surface area contributed by atoms with Crippen molar-refractivity contribution in [3.63, 3.8) is 0 Å². The topological polar surface area (TPSA) is 111 Å². The number of benzene rings is 2. The molecule has 8 nitrogen and oxygen atoms in total. The molecule has 2 aromatic carbocycles. The van der Waals surface area contributed by atoms with Crippen LogP contribution in [0.25, 0.3) is 0 Å². The van der Waals surface area contributed by atoms with E-state index in [-0.39, 0.29) is 17.9 Å². The third kappa shape index (κ3) is 7.01. The number of halogens is 1. The summed E-state index contributed by atoms with van der Waals surface area (Å²) >= 11 is 5.99. The fraction of sp³-hybridized carbons (Fsp3) is 0.300. The molecule has 2 N–H and O–H groups in total. The van der Waals surface area contributed by atoms with Crippen molar-refractivity contribution in [1.82, 2.24) is 4.72 Å². The number of hydrogen-bond acceptors (Lipinski definition) is 6. The lowest BCUT2D eigenvalue weighted by atomic mass is 10.2. The van der Waals surface area contributed by atoms with Gasteiger partial charge >= 0.3 is 5.97 Å². The van der Waals surface area contributed by atoms with E-state index in [0.29, 0.717) is 28.6 Å². The number of sulfonamides is 1. The van der Waals surface area contributed by atoms with Crippen molar-refractivity contribution in [3.05, 3.63) is 53.1 Å². The van der Waals surface area contributed by atoms with Crippen molar-refractivity contribution >= 4 is 39.2 Å². The van der Waals surface area contributed by atoms with E-state index in [1.165, 1.54) is 12.1 Å². The van der Waals surface area contributed by atoms with Crippen molar-refractivity contribution < 1.29 is 27.5 Å². The minimum atomic E-state index is -3.77. The van der Waals surface area contributed by atoms with Gasteiger partial charge in [-0.2, -0.15) is 0 Å². The van der Waals surface area contributed by atoms with Crippen LogP contribution in [0, 0.1) is 6.92 Å². The van der Waals surface area contributed by atoms with Crippen molar-refractivity contribution in [2.24, 2.45) is 0 Å². The van der Waals surface area contributed by atoms with E-state index >= 15 is 0 Å². The maximum absolute atomic E-state index is 12.2. The predicted molar refractivity (Wildman–Crippen MR) is 113 cm³/mol. The molecule has 0 unspecified atom stereocenters. The van der Waals surface area contributed by atoms with Crippen LogP contribution in [0.2, 0.25) is 5.02 Å². The van der Waals surface area contributed by atoms with Crippen LogP contribution in [-0.2, 0) is 24.3 Å². The number of esters is 1. The number of carbonyl (C=O) groups is 2. The molecule has 1 amide bonds. The van der Waals surface area contributed by atoms with Gasteiger partial charge in [0, 0.05) is 17.3 Å². The highest BCUT2D eigenvalue weighted by Gasteiger charge is 2.15. The van der Waals surface area contributed by atoms with Crippen molar-refractivity contribution in [1.29, 1.82) is 0 Å². The Hall–Kier alpha value is -2.62. The summed E-state index contributed by atoms with van der Waals surface area (Å²) < 4.78 is 36.9. The second kappa shape index (κ2) is 11.0. The highest BCUT2D eigenvalue weighted by Crippen LogP contribution is 2.22. The first-order valence-electron chi connectivity index (χ1n) is 9.16. The second-order valence-electron chi connectivity index (χ2n) is 6.17. The third-order valence-corrected chi connectivity index (χ3v) is 5.86. The Morgan fingerprint density at radius 2 is 1.80 bits per heavy atom. The average Bonchev–Trinajstić information content (AvgIpc) is 2.70. The molecule has 0 bridgehead atoms. The Balaban J connectivity index is 1.76. The number of amides is 1. The summed E-state index contributed by atoms with van der Waals surface area (Å²) in [6.45, 7) is 3.40. The maximum Gasteiger partial charge on any atom is 0.307 e. The molecule has 0 spiro atoms. The summed E-state index contributed by atoms with van der Waals surface area (Å²) in [6.07, 6.45) is -0.222. The summed E-state index contributed by atoms with van der Waals surface area (Å²) in [5.74, 6) is -0.669. The van der Waals surface area contributed by atoms with Crippen LogP contribution < -0.4 is 14.8 Å². The van der Waals surface area contributed by atoms with Crippen LogP contribution in [-0.4, -0.2) is 40.1 Å². The standard InChI is InChI=1S/C20H23ClN2O6S/c1-3-28-15-7-9-16(10-8-15)30(26,27)22-12-11-20(25)29-13-19(24)23-18-6-4-5-17(21)14(18)2/h4-10,22H,3,11-13H2,1-2H3,(H,23,24). The fourth-order valence-electron chi connectivity index (χ4n) is 2.40. The zero-order valence-electron chi connectivity index (χ0n) is 16.6. The normalized spacial score (nSPS) is 11.0. The van der Waals surface area contributed by atoms with E-state index in [2.05, 4.69) is 10.0 Å². The number of carbonyl (C=O) groups excluding carboxylic acids is 2. The Labute approximate surface area is 180 Å². The summed E-state index contributed by atoms with van der Waals surface area (Å²) in [5, 5.41) is 3.10. The number of ether oxygens (including phenoxy) is 2. The molecule has 0 aromatic heterocycles. The molecular formula is C20H23ClN2O6S. The van der Waals surface area contributed by atoms with Gasteiger partial charge in [0.15, 0.2) is 6.61 Å². The first-order chi connectivity index (χ1) is 14.2. The molecule has 30 heavy (non-hydrogen) atoms. The van der Waals surface area contributed by atoms with Gasteiger partial charge in [-0.25, -0.2) is 13.1 Å². The van der Waals surface area contributed by atoms with E-state index in [9.17, 15) is 18.0 Å². The molecule has 0 aliphatic rings. The average molecular weight is 455 g/mol. The number of anilines is 1. The van der Waals surface area contributed by atoms with Crippen LogP contribution in [0.15, 0.2) is 47.4 Å². The molecule has 2 rings (SSSR count). The molecule has 10 heteroatoms. The summed E-state index contributed by atoms with van der Waals surface area (Å²) in [7, 11) is -3.77. The van der Waals surface area contributed by atoms with Crippen LogP contribution in [0.4, 0.5) is 5.69 Å². The van der Waals surface area contributed by atoms with E-state index in [4.69, 9.17) is 21.1 Å². The van der Waals surface area contributed by atoms with Crippen LogP contribution in [0.3, 0.4) is 0 Å².